The maximum absolute atomic E-state index is 12.8. The number of hydrogen-bond donors (Lipinski definition) is 1. The van der Waals surface area contributed by atoms with Crippen molar-refractivity contribution in [1.29, 1.82) is 0 Å². The van der Waals surface area contributed by atoms with Gasteiger partial charge in [0.2, 0.25) is 10.0 Å². The van der Waals surface area contributed by atoms with Gasteiger partial charge in [0.1, 0.15) is 10.6 Å². The van der Waals surface area contributed by atoms with E-state index in [-0.39, 0.29) is 23.1 Å². The van der Waals surface area contributed by atoms with Crippen LogP contribution in [0.2, 0.25) is 0 Å². The van der Waals surface area contributed by atoms with Crippen LogP contribution in [-0.2, 0) is 14.8 Å². The maximum Gasteiger partial charge on any atom is 0.341 e. The van der Waals surface area contributed by atoms with Gasteiger partial charge in [-0.15, -0.1) is 11.3 Å². The number of hydrogen-bond acceptors (Lipinski definition) is 6. The van der Waals surface area contributed by atoms with Crippen LogP contribution in [0.4, 0.5) is 5.00 Å². The zero-order valence-electron chi connectivity index (χ0n) is 17.7. The second kappa shape index (κ2) is 9.17. The number of ether oxygens (including phenoxy) is 1. The Balaban J connectivity index is 1.89. The Bertz CT molecular complexity index is 1210. The Labute approximate surface area is 185 Å². The minimum absolute atomic E-state index is 0.106. The molecule has 0 radical (unpaired) electrons. The summed E-state index contributed by atoms with van der Waals surface area (Å²) in [6, 6.07) is 12.9. The number of nitrogens with zero attached hydrogens (tertiary/aromatic N) is 1. The van der Waals surface area contributed by atoms with Gasteiger partial charge >= 0.3 is 5.97 Å². The van der Waals surface area contributed by atoms with Gasteiger partial charge in [-0.3, -0.25) is 4.79 Å². The molecule has 0 spiro atoms. The summed E-state index contributed by atoms with van der Waals surface area (Å²) >= 11 is 1.28. The number of esters is 1. The maximum atomic E-state index is 12.8. The Morgan fingerprint density at radius 3 is 2.35 bits per heavy atom. The highest BCUT2D eigenvalue weighted by molar-refractivity contribution is 7.89. The summed E-state index contributed by atoms with van der Waals surface area (Å²) in [4.78, 5) is 25.4. The minimum atomic E-state index is -3.64. The summed E-state index contributed by atoms with van der Waals surface area (Å²) in [5.74, 6) is -0.952. The first-order valence-electron chi connectivity index (χ1n) is 9.75. The fourth-order valence-corrected chi connectivity index (χ4v) is 5.39. The minimum Gasteiger partial charge on any atom is -0.462 e. The van der Waals surface area contributed by atoms with Crippen molar-refractivity contribution in [3.63, 3.8) is 0 Å². The van der Waals surface area contributed by atoms with Crippen LogP contribution in [0.25, 0.3) is 10.1 Å². The molecule has 0 saturated heterocycles. The lowest BCUT2D eigenvalue weighted by Gasteiger charge is -2.21. The van der Waals surface area contributed by atoms with Crippen molar-refractivity contribution < 1.29 is 22.7 Å². The van der Waals surface area contributed by atoms with E-state index < -0.39 is 21.9 Å². The zero-order chi connectivity index (χ0) is 22.8. The highest BCUT2D eigenvalue weighted by Crippen LogP contribution is 2.36. The molecule has 0 aliphatic carbocycles. The van der Waals surface area contributed by atoms with Crippen molar-refractivity contribution in [2.75, 3.05) is 19.0 Å². The molecule has 1 N–H and O–H groups in total. The molecule has 0 aliphatic heterocycles. The summed E-state index contributed by atoms with van der Waals surface area (Å²) in [7, 11) is -2.13. The van der Waals surface area contributed by atoms with Gasteiger partial charge in [-0.2, -0.15) is 4.31 Å². The van der Waals surface area contributed by atoms with Crippen molar-refractivity contribution in [2.24, 2.45) is 0 Å². The first-order valence-corrected chi connectivity index (χ1v) is 12.0. The highest BCUT2D eigenvalue weighted by Gasteiger charge is 2.24. The van der Waals surface area contributed by atoms with Gasteiger partial charge in [0, 0.05) is 28.7 Å². The van der Waals surface area contributed by atoms with E-state index in [1.807, 2.05) is 18.2 Å². The van der Waals surface area contributed by atoms with Gasteiger partial charge < -0.3 is 10.1 Å². The average molecular weight is 461 g/mol. The van der Waals surface area contributed by atoms with Gasteiger partial charge in [0.05, 0.1) is 11.5 Å². The molecular weight excluding hydrogens is 436 g/mol. The summed E-state index contributed by atoms with van der Waals surface area (Å²) < 4.78 is 32.5. The lowest BCUT2D eigenvalue weighted by molar-refractivity contribution is 0.0530. The normalized spacial score (nSPS) is 11.8. The van der Waals surface area contributed by atoms with Crippen molar-refractivity contribution in [3.8, 4) is 0 Å². The lowest BCUT2D eigenvalue weighted by atomic mass is 10.1. The molecular formula is C22H24N2O5S2. The summed E-state index contributed by atoms with van der Waals surface area (Å²) in [6.07, 6.45) is 0. The van der Waals surface area contributed by atoms with Crippen LogP contribution in [0.15, 0.2) is 53.4 Å². The molecule has 0 bridgehead atoms. The fourth-order valence-electron chi connectivity index (χ4n) is 2.94. The van der Waals surface area contributed by atoms with Crippen molar-refractivity contribution >= 4 is 48.3 Å². The van der Waals surface area contributed by atoms with E-state index in [2.05, 4.69) is 5.32 Å². The largest absolute Gasteiger partial charge is 0.462 e. The molecule has 3 rings (SSSR count). The highest BCUT2D eigenvalue weighted by atomic mass is 32.2. The predicted molar refractivity (Wildman–Crippen MR) is 122 cm³/mol. The predicted octanol–water partition coefficient (Wildman–Crippen LogP) is 4.36. The van der Waals surface area contributed by atoms with Crippen LogP contribution in [0, 0.1) is 0 Å². The van der Waals surface area contributed by atoms with E-state index in [0.29, 0.717) is 16.0 Å². The number of nitrogens with one attached hydrogen (secondary N) is 1. The second-order valence-electron chi connectivity index (χ2n) is 7.12. The molecule has 1 amide bonds. The Hall–Kier alpha value is -2.75. The third-order valence-electron chi connectivity index (χ3n) is 4.82. The fraction of sp³-hybridized carbons (Fsp3) is 0.273. The molecule has 0 unspecified atom stereocenters. The number of amides is 1. The van der Waals surface area contributed by atoms with Crippen molar-refractivity contribution in [2.45, 2.75) is 31.7 Å². The number of fused-ring (bicyclic) bond motifs is 1. The molecule has 3 aromatic rings. The number of carbonyl (C=O) groups excluding carboxylic acids is 2. The van der Waals surface area contributed by atoms with Crippen molar-refractivity contribution in [3.05, 3.63) is 59.7 Å². The number of rotatable bonds is 7. The Kier molecular flexibility index (Phi) is 6.78. The summed E-state index contributed by atoms with van der Waals surface area (Å²) in [6.45, 7) is 5.51. The molecule has 0 atom stereocenters. The van der Waals surface area contributed by atoms with E-state index in [9.17, 15) is 18.0 Å². The van der Waals surface area contributed by atoms with Crippen LogP contribution in [0.1, 0.15) is 41.5 Å². The van der Waals surface area contributed by atoms with E-state index in [1.54, 1.807) is 26.8 Å². The number of benzene rings is 2. The second-order valence-corrected chi connectivity index (χ2v) is 10.2. The molecule has 9 heteroatoms. The summed E-state index contributed by atoms with van der Waals surface area (Å²) in [5.41, 5.74) is 0.590. The molecule has 0 fully saturated rings. The smallest absolute Gasteiger partial charge is 0.341 e. The first kappa shape index (κ1) is 22.9. The molecule has 1 heterocycles. The quantitative estimate of drug-likeness (QED) is 0.529. The van der Waals surface area contributed by atoms with Gasteiger partial charge in [0.25, 0.3) is 5.91 Å². The van der Waals surface area contributed by atoms with Crippen LogP contribution >= 0.6 is 11.3 Å². The Morgan fingerprint density at radius 1 is 1.10 bits per heavy atom. The number of carbonyl (C=O) groups is 2. The standard InChI is InChI=1S/C22H24N2O5S2/c1-5-29-22(26)19-17-8-6-7-9-18(17)30-21(19)23-20(25)15-10-12-16(13-11-15)31(27,28)24(4)14(2)3/h6-14H,5H2,1-4H3,(H,23,25). The SMILES string of the molecule is CCOC(=O)c1c(NC(=O)c2ccc(S(=O)(=O)N(C)C(C)C)cc2)sc2ccccc12. The van der Waals surface area contributed by atoms with E-state index in [1.165, 1.54) is 47.0 Å². The van der Waals surface area contributed by atoms with E-state index in [4.69, 9.17) is 4.74 Å². The van der Waals surface area contributed by atoms with Gasteiger partial charge in [-0.05, 0) is 51.1 Å². The third kappa shape index (κ3) is 4.63. The van der Waals surface area contributed by atoms with Crippen LogP contribution in [0.5, 0.6) is 0 Å². The van der Waals surface area contributed by atoms with E-state index in [0.717, 1.165) is 4.70 Å². The molecule has 31 heavy (non-hydrogen) atoms. The number of sulfonamides is 1. The third-order valence-corrected chi connectivity index (χ3v) is 7.96. The average Bonchev–Trinajstić information content (AvgIpc) is 3.11. The van der Waals surface area contributed by atoms with E-state index >= 15 is 0 Å². The first-order chi connectivity index (χ1) is 14.7. The van der Waals surface area contributed by atoms with Gasteiger partial charge in [0.15, 0.2) is 0 Å². The lowest BCUT2D eigenvalue weighted by Crippen LogP contribution is -2.33. The number of anilines is 1. The molecule has 164 valence electrons. The topological polar surface area (TPSA) is 92.8 Å². The molecule has 2 aromatic carbocycles. The zero-order valence-corrected chi connectivity index (χ0v) is 19.3. The Morgan fingerprint density at radius 2 is 1.74 bits per heavy atom. The van der Waals surface area contributed by atoms with Gasteiger partial charge in [-0.1, -0.05) is 18.2 Å². The van der Waals surface area contributed by atoms with Crippen LogP contribution < -0.4 is 5.32 Å². The van der Waals surface area contributed by atoms with Crippen LogP contribution in [0.3, 0.4) is 0 Å². The molecule has 0 saturated carbocycles. The van der Waals surface area contributed by atoms with Gasteiger partial charge in [-0.25, -0.2) is 13.2 Å². The number of thiophene rings is 1. The summed E-state index contributed by atoms with van der Waals surface area (Å²) in [5, 5.41) is 3.87. The van der Waals surface area contributed by atoms with Crippen LogP contribution in [-0.4, -0.2) is 44.3 Å². The monoisotopic (exact) mass is 460 g/mol. The molecule has 0 aliphatic rings. The molecule has 1 aromatic heterocycles. The van der Waals surface area contributed by atoms with Crippen molar-refractivity contribution in [1.82, 2.24) is 4.31 Å². The molecule has 7 nitrogen and oxygen atoms in total.